The van der Waals surface area contributed by atoms with Gasteiger partial charge in [0.1, 0.15) is 0 Å². The second-order valence-electron chi connectivity index (χ2n) is 8.72. The summed E-state index contributed by atoms with van der Waals surface area (Å²) in [4.78, 5) is 12.5. The van der Waals surface area contributed by atoms with Crippen LogP contribution in [0.4, 0.5) is 0 Å². The summed E-state index contributed by atoms with van der Waals surface area (Å²) in [5.74, 6) is 3.60. The lowest BCUT2D eigenvalue weighted by molar-refractivity contribution is -0.130. The molecule has 0 saturated heterocycles. The standard InChI is InChI=1S/C18H32N2O/c1-12(2)3-16(11-19)20-17(21)10-18-7-13-4-14(8-18)6-15(5-13)9-18/h12-16H,3-11,19H2,1-2H3,(H,20,21). The molecular weight excluding hydrogens is 260 g/mol. The van der Waals surface area contributed by atoms with Crippen LogP contribution in [0.25, 0.3) is 0 Å². The fourth-order valence-electron chi connectivity index (χ4n) is 5.91. The molecule has 3 N–H and O–H groups in total. The molecule has 1 unspecified atom stereocenters. The van der Waals surface area contributed by atoms with E-state index in [4.69, 9.17) is 5.73 Å². The SMILES string of the molecule is CC(C)CC(CN)NC(=O)CC12CC3CC(CC(C3)C1)C2. The molecule has 0 aromatic heterocycles. The number of nitrogens with one attached hydrogen (secondary N) is 1. The van der Waals surface area contributed by atoms with Crippen LogP contribution < -0.4 is 11.1 Å². The summed E-state index contributed by atoms with van der Waals surface area (Å²) in [5.41, 5.74) is 6.16. The monoisotopic (exact) mass is 292 g/mol. The molecule has 4 rings (SSSR count). The van der Waals surface area contributed by atoms with Crippen LogP contribution in [0.2, 0.25) is 0 Å². The first-order valence-corrected chi connectivity index (χ1v) is 8.97. The maximum atomic E-state index is 12.5. The maximum absolute atomic E-state index is 12.5. The highest BCUT2D eigenvalue weighted by atomic mass is 16.1. The van der Waals surface area contributed by atoms with Gasteiger partial charge in [0.15, 0.2) is 0 Å². The van der Waals surface area contributed by atoms with Crippen molar-refractivity contribution in [3.8, 4) is 0 Å². The van der Waals surface area contributed by atoms with Crippen LogP contribution in [0.1, 0.15) is 65.2 Å². The minimum absolute atomic E-state index is 0.159. The molecule has 0 aliphatic heterocycles. The molecule has 0 aromatic rings. The molecule has 1 atom stereocenters. The van der Waals surface area contributed by atoms with E-state index in [1.165, 1.54) is 38.5 Å². The third kappa shape index (κ3) is 3.44. The van der Waals surface area contributed by atoms with Crippen LogP contribution >= 0.6 is 0 Å². The van der Waals surface area contributed by atoms with Gasteiger partial charge in [-0.2, -0.15) is 0 Å². The highest BCUT2D eigenvalue weighted by Crippen LogP contribution is 2.61. The Balaban J connectivity index is 1.57. The summed E-state index contributed by atoms with van der Waals surface area (Å²) in [5, 5.41) is 3.21. The summed E-state index contributed by atoms with van der Waals surface area (Å²) in [6.07, 6.45) is 10.0. The summed E-state index contributed by atoms with van der Waals surface area (Å²) in [6.45, 7) is 4.94. The zero-order valence-electron chi connectivity index (χ0n) is 13.7. The first kappa shape index (κ1) is 15.3. The number of amides is 1. The second kappa shape index (κ2) is 5.91. The Bertz CT molecular complexity index is 355. The van der Waals surface area contributed by atoms with Crippen molar-refractivity contribution in [2.45, 2.75) is 71.3 Å². The molecule has 0 radical (unpaired) electrons. The number of nitrogens with two attached hydrogens (primary N) is 1. The van der Waals surface area contributed by atoms with Crippen molar-refractivity contribution < 1.29 is 4.79 Å². The molecule has 4 fully saturated rings. The molecule has 0 aromatic carbocycles. The van der Waals surface area contributed by atoms with Gasteiger partial charge in [0.25, 0.3) is 0 Å². The minimum atomic E-state index is 0.159. The predicted octanol–water partition coefficient (Wildman–Crippen LogP) is 3.08. The van der Waals surface area contributed by atoms with Crippen LogP contribution in [0.5, 0.6) is 0 Å². The van der Waals surface area contributed by atoms with Crippen molar-refractivity contribution in [3.05, 3.63) is 0 Å². The lowest BCUT2D eigenvalue weighted by atomic mass is 9.49. The zero-order valence-corrected chi connectivity index (χ0v) is 13.7. The van der Waals surface area contributed by atoms with Crippen LogP contribution in [-0.4, -0.2) is 18.5 Å². The Hall–Kier alpha value is -0.570. The van der Waals surface area contributed by atoms with E-state index in [-0.39, 0.29) is 11.9 Å². The van der Waals surface area contributed by atoms with E-state index in [9.17, 15) is 4.79 Å². The molecule has 4 bridgehead atoms. The van der Waals surface area contributed by atoms with Gasteiger partial charge in [-0.15, -0.1) is 0 Å². The smallest absolute Gasteiger partial charge is 0.220 e. The number of hydrogen-bond acceptors (Lipinski definition) is 2. The Kier molecular flexibility index (Phi) is 4.31. The molecule has 4 aliphatic rings. The quantitative estimate of drug-likeness (QED) is 0.790. The second-order valence-corrected chi connectivity index (χ2v) is 8.72. The number of carbonyl (C=O) groups excluding carboxylic acids is 1. The molecule has 21 heavy (non-hydrogen) atoms. The lowest BCUT2D eigenvalue weighted by Crippen LogP contribution is -2.49. The molecule has 120 valence electrons. The van der Waals surface area contributed by atoms with E-state index in [1.54, 1.807) is 0 Å². The normalized spacial score (nSPS) is 38.8. The van der Waals surface area contributed by atoms with E-state index in [1.807, 2.05) is 0 Å². The van der Waals surface area contributed by atoms with Crippen LogP contribution in [0.3, 0.4) is 0 Å². The molecule has 3 nitrogen and oxygen atoms in total. The van der Waals surface area contributed by atoms with Crippen molar-refractivity contribution in [2.75, 3.05) is 6.54 Å². The Labute approximate surface area is 129 Å². The van der Waals surface area contributed by atoms with Gasteiger partial charge in [0.2, 0.25) is 5.91 Å². The van der Waals surface area contributed by atoms with E-state index in [2.05, 4.69) is 19.2 Å². The van der Waals surface area contributed by atoms with Crippen molar-refractivity contribution in [2.24, 2.45) is 34.8 Å². The number of carbonyl (C=O) groups is 1. The van der Waals surface area contributed by atoms with Gasteiger partial charge in [0, 0.05) is 19.0 Å². The van der Waals surface area contributed by atoms with Gasteiger partial charge in [-0.05, 0) is 74.0 Å². The lowest BCUT2D eigenvalue weighted by Gasteiger charge is -2.56. The van der Waals surface area contributed by atoms with Gasteiger partial charge >= 0.3 is 0 Å². The Morgan fingerprint density at radius 2 is 1.67 bits per heavy atom. The highest BCUT2D eigenvalue weighted by Gasteiger charge is 2.51. The molecule has 0 heterocycles. The zero-order chi connectivity index (χ0) is 15.0. The van der Waals surface area contributed by atoms with Crippen molar-refractivity contribution in [3.63, 3.8) is 0 Å². The molecule has 3 heteroatoms. The third-order valence-corrected chi connectivity index (χ3v) is 6.11. The van der Waals surface area contributed by atoms with Crippen LogP contribution in [-0.2, 0) is 4.79 Å². The van der Waals surface area contributed by atoms with Crippen molar-refractivity contribution >= 4 is 5.91 Å². The first-order valence-electron chi connectivity index (χ1n) is 8.97. The predicted molar refractivity (Wildman–Crippen MR) is 85.7 cm³/mol. The van der Waals surface area contributed by atoms with E-state index in [0.717, 1.165) is 30.6 Å². The Morgan fingerprint density at radius 3 is 2.10 bits per heavy atom. The fourth-order valence-corrected chi connectivity index (χ4v) is 5.91. The fraction of sp³-hybridized carbons (Fsp3) is 0.944. The molecule has 0 spiro atoms. The molecule has 1 amide bonds. The highest BCUT2D eigenvalue weighted by molar-refractivity contribution is 5.77. The summed E-state index contributed by atoms with van der Waals surface area (Å²) < 4.78 is 0. The van der Waals surface area contributed by atoms with Gasteiger partial charge in [-0.25, -0.2) is 0 Å². The summed E-state index contributed by atoms with van der Waals surface area (Å²) in [7, 11) is 0. The van der Waals surface area contributed by atoms with E-state index < -0.39 is 0 Å². The minimum Gasteiger partial charge on any atom is -0.352 e. The van der Waals surface area contributed by atoms with Gasteiger partial charge < -0.3 is 11.1 Å². The van der Waals surface area contributed by atoms with E-state index in [0.29, 0.717) is 17.9 Å². The number of hydrogen-bond donors (Lipinski definition) is 2. The molecule has 4 aliphatic carbocycles. The van der Waals surface area contributed by atoms with Gasteiger partial charge in [0.05, 0.1) is 0 Å². The average Bonchev–Trinajstić information content (AvgIpc) is 2.34. The van der Waals surface area contributed by atoms with Crippen LogP contribution in [0.15, 0.2) is 0 Å². The van der Waals surface area contributed by atoms with Crippen molar-refractivity contribution in [1.29, 1.82) is 0 Å². The van der Waals surface area contributed by atoms with Gasteiger partial charge in [-0.1, -0.05) is 13.8 Å². The maximum Gasteiger partial charge on any atom is 0.220 e. The average molecular weight is 292 g/mol. The van der Waals surface area contributed by atoms with Crippen molar-refractivity contribution in [1.82, 2.24) is 5.32 Å². The van der Waals surface area contributed by atoms with E-state index >= 15 is 0 Å². The molecular formula is C18H32N2O. The largest absolute Gasteiger partial charge is 0.352 e. The van der Waals surface area contributed by atoms with Gasteiger partial charge in [-0.3, -0.25) is 4.79 Å². The third-order valence-electron chi connectivity index (χ3n) is 6.11. The Morgan fingerprint density at radius 1 is 1.14 bits per heavy atom. The number of rotatable bonds is 6. The summed E-state index contributed by atoms with van der Waals surface area (Å²) >= 11 is 0. The first-order chi connectivity index (χ1) is 9.98. The summed E-state index contributed by atoms with van der Waals surface area (Å²) in [6, 6.07) is 0.159. The topological polar surface area (TPSA) is 55.1 Å². The van der Waals surface area contributed by atoms with Crippen LogP contribution in [0, 0.1) is 29.1 Å². The molecule has 4 saturated carbocycles.